The molecule has 1 aliphatic rings. The van der Waals surface area contributed by atoms with Crippen LogP contribution in [0.25, 0.3) is 0 Å². The Balaban J connectivity index is 2.11. The predicted octanol–water partition coefficient (Wildman–Crippen LogP) is 2.76. The topological polar surface area (TPSA) is 55.1 Å². The zero-order chi connectivity index (χ0) is 14.6. The lowest BCUT2D eigenvalue weighted by molar-refractivity contribution is -0.127. The lowest BCUT2D eigenvalue weighted by Crippen LogP contribution is -2.44. The van der Waals surface area contributed by atoms with Crippen LogP contribution in [0, 0.1) is 23.7 Å². The van der Waals surface area contributed by atoms with Crippen molar-refractivity contribution in [2.24, 2.45) is 17.1 Å². The van der Waals surface area contributed by atoms with Crippen LogP contribution in [0.15, 0.2) is 24.3 Å². The Hall–Kier alpha value is -1.79. The van der Waals surface area contributed by atoms with Gasteiger partial charge in [-0.3, -0.25) is 4.79 Å². The molecule has 1 amide bonds. The molecule has 1 fully saturated rings. The molecule has 3 N–H and O–H groups in total. The van der Waals surface area contributed by atoms with Crippen molar-refractivity contribution in [1.82, 2.24) is 0 Å². The molecule has 1 saturated carbocycles. The number of benzene rings is 1. The second-order valence-electron chi connectivity index (χ2n) is 5.85. The van der Waals surface area contributed by atoms with Crippen LogP contribution < -0.4 is 11.1 Å². The maximum Gasteiger partial charge on any atom is 0.231 e. The fraction of sp³-hybridized carbons (Fsp3) is 0.471. The van der Waals surface area contributed by atoms with Gasteiger partial charge in [-0.2, -0.15) is 0 Å². The average molecular weight is 270 g/mol. The van der Waals surface area contributed by atoms with Gasteiger partial charge in [-0.05, 0) is 49.8 Å². The van der Waals surface area contributed by atoms with E-state index in [1.807, 2.05) is 24.3 Å². The summed E-state index contributed by atoms with van der Waals surface area (Å²) in [6.07, 6.45) is 9.24. The van der Waals surface area contributed by atoms with E-state index in [-0.39, 0.29) is 5.91 Å². The second kappa shape index (κ2) is 6.11. The van der Waals surface area contributed by atoms with Crippen molar-refractivity contribution in [1.29, 1.82) is 0 Å². The number of rotatable bonds is 3. The number of hydrogen-bond acceptors (Lipinski definition) is 2. The summed E-state index contributed by atoms with van der Waals surface area (Å²) in [5.74, 6) is 3.29. The third-order valence-electron chi connectivity index (χ3n) is 4.39. The summed E-state index contributed by atoms with van der Waals surface area (Å²) >= 11 is 0. The predicted molar refractivity (Wildman–Crippen MR) is 82.1 cm³/mol. The molecule has 3 heteroatoms. The number of carbonyl (C=O) groups excluding carboxylic acids is 1. The quantitative estimate of drug-likeness (QED) is 0.830. The summed E-state index contributed by atoms with van der Waals surface area (Å²) in [6.45, 7) is 2.63. The van der Waals surface area contributed by atoms with Gasteiger partial charge >= 0.3 is 0 Å². The molecule has 3 nitrogen and oxygen atoms in total. The highest BCUT2D eigenvalue weighted by molar-refractivity contribution is 5.95. The van der Waals surface area contributed by atoms with E-state index in [0.717, 1.165) is 36.9 Å². The van der Waals surface area contributed by atoms with Crippen LogP contribution in [0.1, 0.15) is 38.2 Å². The molecule has 2 rings (SSSR count). The molecule has 0 bridgehead atoms. The SMILES string of the molecule is C#Cc1cccc(NC(=O)C2(CN)CCC(C)CC2)c1. The molecule has 0 radical (unpaired) electrons. The molecule has 1 aromatic rings. The van der Waals surface area contributed by atoms with E-state index in [1.165, 1.54) is 0 Å². The molecule has 106 valence electrons. The number of nitrogens with two attached hydrogens (primary N) is 1. The van der Waals surface area contributed by atoms with E-state index in [2.05, 4.69) is 18.2 Å². The van der Waals surface area contributed by atoms with Gasteiger partial charge in [0.2, 0.25) is 5.91 Å². The Labute approximate surface area is 120 Å². The first-order chi connectivity index (χ1) is 9.59. The molecule has 0 aromatic heterocycles. The van der Waals surface area contributed by atoms with E-state index in [0.29, 0.717) is 12.5 Å². The van der Waals surface area contributed by atoms with E-state index in [4.69, 9.17) is 12.2 Å². The lowest BCUT2D eigenvalue weighted by Gasteiger charge is -2.37. The van der Waals surface area contributed by atoms with E-state index < -0.39 is 5.41 Å². The van der Waals surface area contributed by atoms with Gasteiger partial charge in [0.15, 0.2) is 0 Å². The molecular weight excluding hydrogens is 248 g/mol. The van der Waals surface area contributed by atoms with Crippen molar-refractivity contribution in [3.8, 4) is 12.3 Å². The zero-order valence-corrected chi connectivity index (χ0v) is 12.0. The number of amides is 1. The van der Waals surface area contributed by atoms with Gasteiger partial charge in [-0.15, -0.1) is 6.42 Å². The van der Waals surface area contributed by atoms with Crippen LogP contribution in [0.3, 0.4) is 0 Å². The minimum atomic E-state index is -0.418. The molecule has 0 saturated heterocycles. The van der Waals surface area contributed by atoms with Gasteiger partial charge in [0.25, 0.3) is 0 Å². The molecule has 0 heterocycles. The van der Waals surface area contributed by atoms with Gasteiger partial charge in [-0.25, -0.2) is 0 Å². The molecule has 0 unspecified atom stereocenters. The number of nitrogens with one attached hydrogen (secondary N) is 1. The Bertz CT molecular complexity index is 522. The van der Waals surface area contributed by atoms with Crippen molar-refractivity contribution in [3.05, 3.63) is 29.8 Å². The first kappa shape index (κ1) is 14.6. The van der Waals surface area contributed by atoms with Gasteiger partial charge in [0.05, 0.1) is 5.41 Å². The minimum Gasteiger partial charge on any atom is -0.329 e. The molecule has 0 aliphatic heterocycles. The molecule has 0 atom stereocenters. The second-order valence-corrected chi connectivity index (χ2v) is 5.85. The number of anilines is 1. The highest BCUT2D eigenvalue weighted by atomic mass is 16.2. The third-order valence-corrected chi connectivity index (χ3v) is 4.39. The van der Waals surface area contributed by atoms with Crippen molar-refractivity contribution in [2.45, 2.75) is 32.6 Å². The first-order valence-electron chi connectivity index (χ1n) is 7.18. The van der Waals surface area contributed by atoms with Crippen LogP contribution in [0.2, 0.25) is 0 Å². The van der Waals surface area contributed by atoms with Crippen molar-refractivity contribution in [2.75, 3.05) is 11.9 Å². The van der Waals surface area contributed by atoms with Crippen LogP contribution in [-0.2, 0) is 4.79 Å². The molecule has 20 heavy (non-hydrogen) atoms. The molecule has 1 aromatic carbocycles. The summed E-state index contributed by atoms with van der Waals surface area (Å²) in [5, 5.41) is 2.98. The summed E-state index contributed by atoms with van der Waals surface area (Å²) in [6, 6.07) is 7.36. The molecular formula is C17H22N2O. The fourth-order valence-corrected chi connectivity index (χ4v) is 2.79. The zero-order valence-electron chi connectivity index (χ0n) is 12.0. The van der Waals surface area contributed by atoms with Gasteiger partial charge in [0, 0.05) is 17.8 Å². The van der Waals surface area contributed by atoms with Crippen LogP contribution in [-0.4, -0.2) is 12.5 Å². The minimum absolute atomic E-state index is 0.0288. The maximum absolute atomic E-state index is 12.6. The Kier molecular flexibility index (Phi) is 4.46. The lowest BCUT2D eigenvalue weighted by atomic mass is 9.70. The average Bonchev–Trinajstić information content (AvgIpc) is 2.48. The summed E-state index contributed by atoms with van der Waals surface area (Å²) in [5.41, 5.74) is 7.00. The van der Waals surface area contributed by atoms with Crippen LogP contribution in [0.5, 0.6) is 0 Å². The van der Waals surface area contributed by atoms with Crippen LogP contribution in [0.4, 0.5) is 5.69 Å². The number of hydrogen-bond donors (Lipinski definition) is 2. The molecule has 1 aliphatic carbocycles. The highest BCUT2D eigenvalue weighted by Crippen LogP contribution is 2.39. The summed E-state index contributed by atoms with van der Waals surface area (Å²) in [7, 11) is 0. The van der Waals surface area contributed by atoms with Crippen molar-refractivity contribution in [3.63, 3.8) is 0 Å². The Morgan fingerprint density at radius 3 is 2.80 bits per heavy atom. The first-order valence-corrected chi connectivity index (χ1v) is 7.18. The monoisotopic (exact) mass is 270 g/mol. The standard InChI is InChI=1S/C17H22N2O/c1-3-14-5-4-6-15(11-14)19-16(20)17(12-18)9-7-13(2)8-10-17/h1,4-6,11,13H,7-10,12,18H2,2H3,(H,19,20). The van der Waals surface area contributed by atoms with E-state index >= 15 is 0 Å². The van der Waals surface area contributed by atoms with Crippen LogP contribution >= 0.6 is 0 Å². The normalized spacial score (nSPS) is 25.8. The Morgan fingerprint density at radius 2 is 2.20 bits per heavy atom. The Morgan fingerprint density at radius 1 is 1.50 bits per heavy atom. The summed E-state index contributed by atoms with van der Waals surface area (Å²) in [4.78, 5) is 12.6. The van der Waals surface area contributed by atoms with E-state index in [9.17, 15) is 4.79 Å². The van der Waals surface area contributed by atoms with Gasteiger partial charge in [0.1, 0.15) is 0 Å². The molecule has 0 spiro atoms. The van der Waals surface area contributed by atoms with Gasteiger partial charge in [-0.1, -0.05) is 18.9 Å². The van der Waals surface area contributed by atoms with Crippen molar-refractivity contribution >= 4 is 11.6 Å². The largest absolute Gasteiger partial charge is 0.329 e. The van der Waals surface area contributed by atoms with Crippen molar-refractivity contribution < 1.29 is 4.79 Å². The highest BCUT2D eigenvalue weighted by Gasteiger charge is 2.39. The third kappa shape index (κ3) is 3.02. The van der Waals surface area contributed by atoms with E-state index in [1.54, 1.807) is 0 Å². The number of carbonyl (C=O) groups is 1. The maximum atomic E-state index is 12.6. The van der Waals surface area contributed by atoms with Gasteiger partial charge < -0.3 is 11.1 Å². The number of terminal acetylenes is 1. The summed E-state index contributed by atoms with van der Waals surface area (Å²) < 4.78 is 0. The fourth-order valence-electron chi connectivity index (χ4n) is 2.79. The smallest absolute Gasteiger partial charge is 0.231 e.